The zero-order valence-corrected chi connectivity index (χ0v) is 13.0. The number of aryl methyl sites for hydroxylation is 1. The van der Waals surface area contributed by atoms with Gasteiger partial charge in [0.05, 0.1) is 12.9 Å². The lowest BCUT2D eigenvalue weighted by atomic mass is 10.0. The molecule has 0 radical (unpaired) electrons. The number of methoxy groups -OCH3 is 1. The molecule has 1 atom stereocenters. The molecule has 0 amide bonds. The number of imidazole rings is 1. The van der Waals surface area contributed by atoms with E-state index in [9.17, 15) is 0 Å². The molecule has 0 saturated carbocycles. The molecule has 2 aromatic carbocycles. The molecule has 21 heavy (non-hydrogen) atoms. The second-order valence-electron chi connectivity index (χ2n) is 5.09. The van der Waals surface area contributed by atoms with Crippen LogP contribution in [0.15, 0.2) is 55.1 Å². The Morgan fingerprint density at radius 1 is 1.14 bits per heavy atom. The standard InChI is InChI=1S/C17H18N2O.ClH/c1-13-3-4-15-10-16(6-5-14(15)9-13)17(20-2)11-19-8-7-18-12-19;/h3-10,12,17H,11H2,1-2H3;1H. The summed E-state index contributed by atoms with van der Waals surface area (Å²) in [5.41, 5.74) is 2.48. The number of nitrogens with zero attached hydrogens (tertiary/aromatic N) is 2. The molecule has 1 heterocycles. The van der Waals surface area contributed by atoms with Crippen molar-refractivity contribution >= 4 is 23.2 Å². The van der Waals surface area contributed by atoms with Crippen molar-refractivity contribution in [3.8, 4) is 0 Å². The SMILES string of the molecule is COC(Cn1ccnc1)c1ccc2cc(C)ccc2c1.Cl. The van der Waals surface area contributed by atoms with Crippen LogP contribution in [-0.2, 0) is 11.3 Å². The van der Waals surface area contributed by atoms with Gasteiger partial charge in [0.25, 0.3) is 0 Å². The number of hydrogen-bond donors (Lipinski definition) is 0. The van der Waals surface area contributed by atoms with E-state index in [2.05, 4.69) is 48.3 Å². The van der Waals surface area contributed by atoms with Crippen LogP contribution in [0.25, 0.3) is 10.8 Å². The Hall–Kier alpha value is -1.84. The summed E-state index contributed by atoms with van der Waals surface area (Å²) in [5.74, 6) is 0. The van der Waals surface area contributed by atoms with Gasteiger partial charge in [-0.1, -0.05) is 35.9 Å². The maximum Gasteiger partial charge on any atom is 0.100 e. The summed E-state index contributed by atoms with van der Waals surface area (Å²) in [4.78, 5) is 4.07. The second kappa shape index (κ2) is 6.74. The Morgan fingerprint density at radius 3 is 2.62 bits per heavy atom. The predicted octanol–water partition coefficient (Wildman–Crippen LogP) is 4.15. The summed E-state index contributed by atoms with van der Waals surface area (Å²) >= 11 is 0. The van der Waals surface area contributed by atoms with Crippen molar-refractivity contribution in [2.24, 2.45) is 0 Å². The monoisotopic (exact) mass is 302 g/mol. The van der Waals surface area contributed by atoms with Gasteiger partial charge in [0.1, 0.15) is 6.10 Å². The summed E-state index contributed by atoms with van der Waals surface area (Å²) in [6, 6.07) is 13.0. The van der Waals surface area contributed by atoms with Crippen molar-refractivity contribution in [1.29, 1.82) is 0 Å². The van der Waals surface area contributed by atoms with E-state index in [4.69, 9.17) is 4.74 Å². The normalized spacial score (nSPS) is 12.1. The van der Waals surface area contributed by atoms with Gasteiger partial charge in [0.2, 0.25) is 0 Å². The van der Waals surface area contributed by atoms with Crippen molar-refractivity contribution in [2.45, 2.75) is 19.6 Å². The first-order chi connectivity index (χ1) is 9.76. The van der Waals surface area contributed by atoms with Crippen LogP contribution in [-0.4, -0.2) is 16.7 Å². The molecule has 0 fully saturated rings. The fourth-order valence-electron chi connectivity index (χ4n) is 2.49. The van der Waals surface area contributed by atoms with Crippen LogP contribution in [0.4, 0.5) is 0 Å². The van der Waals surface area contributed by atoms with Crippen LogP contribution in [0.5, 0.6) is 0 Å². The molecule has 0 aliphatic heterocycles. The molecule has 0 saturated heterocycles. The molecule has 0 aliphatic carbocycles. The van der Waals surface area contributed by atoms with Gasteiger partial charge in [0, 0.05) is 19.5 Å². The smallest absolute Gasteiger partial charge is 0.100 e. The molecule has 0 N–H and O–H groups in total. The van der Waals surface area contributed by atoms with Gasteiger partial charge in [0.15, 0.2) is 0 Å². The average Bonchev–Trinajstić information content (AvgIpc) is 2.97. The van der Waals surface area contributed by atoms with Gasteiger partial charge in [-0.2, -0.15) is 0 Å². The molecule has 1 unspecified atom stereocenters. The number of aromatic nitrogens is 2. The number of hydrogen-bond acceptors (Lipinski definition) is 2. The fourth-order valence-corrected chi connectivity index (χ4v) is 2.49. The maximum absolute atomic E-state index is 5.63. The number of benzene rings is 2. The van der Waals surface area contributed by atoms with Gasteiger partial charge >= 0.3 is 0 Å². The van der Waals surface area contributed by atoms with E-state index in [0.29, 0.717) is 0 Å². The lowest BCUT2D eigenvalue weighted by molar-refractivity contribution is 0.0879. The molecule has 110 valence electrons. The van der Waals surface area contributed by atoms with E-state index in [1.54, 1.807) is 13.3 Å². The molecule has 3 aromatic rings. The average molecular weight is 303 g/mol. The molecule has 0 aliphatic rings. The zero-order chi connectivity index (χ0) is 13.9. The second-order valence-corrected chi connectivity index (χ2v) is 5.09. The van der Waals surface area contributed by atoms with Crippen molar-refractivity contribution < 1.29 is 4.74 Å². The number of halogens is 1. The predicted molar refractivity (Wildman–Crippen MR) is 87.9 cm³/mol. The Labute approximate surface area is 131 Å². The van der Waals surface area contributed by atoms with Gasteiger partial charge in [-0.05, 0) is 29.3 Å². The van der Waals surface area contributed by atoms with Crippen molar-refractivity contribution in [3.63, 3.8) is 0 Å². The lowest BCUT2D eigenvalue weighted by Crippen LogP contribution is -2.09. The van der Waals surface area contributed by atoms with Crippen LogP contribution in [0.1, 0.15) is 17.2 Å². The van der Waals surface area contributed by atoms with E-state index in [-0.39, 0.29) is 18.5 Å². The van der Waals surface area contributed by atoms with Crippen LogP contribution < -0.4 is 0 Å². The molecule has 0 spiro atoms. The first kappa shape index (κ1) is 15.5. The van der Waals surface area contributed by atoms with Gasteiger partial charge in [-0.25, -0.2) is 4.98 Å². The number of rotatable bonds is 4. The Bertz CT molecular complexity index is 710. The molecular formula is C17H19ClN2O. The number of fused-ring (bicyclic) bond motifs is 1. The lowest BCUT2D eigenvalue weighted by Gasteiger charge is -2.17. The van der Waals surface area contributed by atoms with Gasteiger partial charge in [-0.15, -0.1) is 12.4 Å². The highest BCUT2D eigenvalue weighted by Crippen LogP contribution is 2.24. The minimum Gasteiger partial charge on any atom is -0.375 e. The first-order valence-electron chi connectivity index (χ1n) is 6.75. The Balaban J connectivity index is 0.00000161. The molecular weight excluding hydrogens is 284 g/mol. The summed E-state index contributed by atoms with van der Waals surface area (Å²) in [6.45, 7) is 2.89. The van der Waals surface area contributed by atoms with Crippen molar-refractivity contribution in [3.05, 3.63) is 66.2 Å². The summed E-state index contributed by atoms with van der Waals surface area (Å²) in [6.07, 6.45) is 5.60. The van der Waals surface area contributed by atoms with E-state index in [0.717, 1.165) is 6.54 Å². The van der Waals surface area contributed by atoms with Gasteiger partial charge in [-0.3, -0.25) is 0 Å². The van der Waals surface area contributed by atoms with E-state index in [1.165, 1.54) is 21.9 Å². The van der Waals surface area contributed by atoms with Crippen LogP contribution in [0.3, 0.4) is 0 Å². The highest BCUT2D eigenvalue weighted by atomic mass is 35.5. The summed E-state index contributed by atoms with van der Waals surface area (Å²) in [5, 5.41) is 2.52. The van der Waals surface area contributed by atoms with Crippen LogP contribution in [0.2, 0.25) is 0 Å². The van der Waals surface area contributed by atoms with Crippen molar-refractivity contribution in [1.82, 2.24) is 9.55 Å². The Morgan fingerprint density at radius 2 is 1.90 bits per heavy atom. The third-order valence-electron chi connectivity index (χ3n) is 3.61. The van der Waals surface area contributed by atoms with E-state index >= 15 is 0 Å². The molecule has 1 aromatic heterocycles. The van der Waals surface area contributed by atoms with Gasteiger partial charge < -0.3 is 9.30 Å². The van der Waals surface area contributed by atoms with Crippen molar-refractivity contribution in [2.75, 3.05) is 7.11 Å². The maximum atomic E-state index is 5.63. The topological polar surface area (TPSA) is 27.1 Å². The molecule has 4 heteroatoms. The quantitative estimate of drug-likeness (QED) is 0.724. The summed E-state index contributed by atoms with van der Waals surface area (Å²) in [7, 11) is 1.75. The minimum absolute atomic E-state index is 0. The third-order valence-corrected chi connectivity index (χ3v) is 3.61. The minimum atomic E-state index is 0. The third kappa shape index (κ3) is 3.43. The van der Waals surface area contributed by atoms with E-state index < -0.39 is 0 Å². The Kier molecular flexibility index (Phi) is 4.99. The highest BCUT2D eigenvalue weighted by Gasteiger charge is 2.11. The molecule has 3 rings (SSSR count). The molecule has 3 nitrogen and oxygen atoms in total. The zero-order valence-electron chi connectivity index (χ0n) is 12.2. The number of ether oxygens (including phenoxy) is 1. The van der Waals surface area contributed by atoms with Crippen LogP contribution in [0, 0.1) is 6.92 Å². The summed E-state index contributed by atoms with van der Waals surface area (Å²) < 4.78 is 7.67. The highest BCUT2D eigenvalue weighted by molar-refractivity contribution is 5.85. The van der Waals surface area contributed by atoms with E-state index in [1.807, 2.05) is 17.1 Å². The molecule has 0 bridgehead atoms. The van der Waals surface area contributed by atoms with Crippen LogP contribution >= 0.6 is 12.4 Å². The largest absolute Gasteiger partial charge is 0.375 e. The fraction of sp³-hybridized carbons (Fsp3) is 0.235. The first-order valence-corrected chi connectivity index (χ1v) is 6.75.